The average molecular weight is 228 g/mol. The van der Waals surface area contributed by atoms with Crippen molar-refractivity contribution in [1.82, 2.24) is 0 Å². The summed E-state index contributed by atoms with van der Waals surface area (Å²) in [6.45, 7) is 0. The lowest BCUT2D eigenvalue weighted by Crippen LogP contribution is -2.32. The van der Waals surface area contributed by atoms with E-state index in [9.17, 15) is 14.3 Å². The van der Waals surface area contributed by atoms with Crippen LogP contribution in [0.2, 0.25) is 0 Å². The topological polar surface area (TPSA) is 92.8 Å². The predicted molar refractivity (Wildman–Crippen MR) is 53.9 cm³/mol. The van der Waals surface area contributed by atoms with Crippen molar-refractivity contribution >= 4 is 5.97 Å². The number of phenols is 1. The monoisotopic (exact) mass is 228 g/mol. The first-order valence-corrected chi connectivity index (χ1v) is 4.49. The zero-order chi connectivity index (χ0) is 12.3. The lowest BCUT2D eigenvalue weighted by molar-refractivity contribution is -0.138. The molecule has 0 radical (unpaired) electrons. The van der Waals surface area contributed by atoms with Gasteiger partial charge in [0.1, 0.15) is 11.9 Å². The van der Waals surface area contributed by atoms with Crippen molar-refractivity contribution in [2.45, 2.75) is 12.5 Å². The first-order chi connectivity index (χ1) is 7.45. The highest BCUT2D eigenvalue weighted by Crippen LogP contribution is 2.29. The molecule has 6 heteroatoms. The van der Waals surface area contributed by atoms with E-state index in [1.165, 1.54) is 13.2 Å². The number of rotatable bonds is 4. The van der Waals surface area contributed by atoms with Gasteiger partial charge in [-0.05, 0) is 11.6 Å². The second-order valence-corrected chi connectivity index (χ2v) is 3.26. The van der Waals surface area contributed by atoms with Gasteiger partial charge < -0.3 is 20.7 Å². The smallest absolute Gasteiger partial charge is 0.320 e. The highest BCUT2D eigenvalue weighted by atomic mass is 18.2. The molecule has 0 bridgehead atoms. The van der Waals surface area contributed by atoms with Crippen LogP contribution in [0.25, 0.3) is 0 Å². The molecule has 1 rings (SSSR count). The highest BCUT2D eigenvalue weighted by Gasteiger charge is 2.17. The Balaban J connectivity index is 3.00. The van der Waals surface area contributed by atoms with Gasteiger partial charge in [0, 0.05) is 12.5 Å². The Morgan fingerprint density at radius 3 is 2.75 bits per heavy atom. The van der Waals surface area contributed by atoms with E-state index in [1.807, 2.05) is 0 Å². The number of benzene rings is 1. The number of carboxylic acid groups (broad SMARTS) is 1. The normalized spacial score (nSPS) is 12.2. The van der Waals surface area contributed by atoms with E-state index in [4.69, 9.17) is 15.6 Å². The molecule has 0 aliphatic carbocycles. The summed E-state index contributed by atoms with van der Waals surface area (Å²) >= 11 is 0. The fourth-order valence-electron chi connectivity index (χ4n) is 1.23. The Labute approximate surface area is 91.3 Å². The van der Waals surface area contributed by atoms with Crippen molar-refractivity contribution in [3.05, 3.63) is 23.5 Å². The van der Waals surface area contributed by atoms with Gasteiger partial charge in [-0.1, -0.05) is 0 Å². The summed E-state index contributed by atoms with van der Waals surface area (Å²) in [5.74, 6) is -2.19. The van der Waals surface area contributed by atoms with Gasteiger partial charge in [0.2, 0.25) is 0 Å². The Morgan fingerprint density at radius 1 is 1.62 bits per heavy atom. The lowest BCUT2D eigenvalue weighted by Gasteiger charge is -2.10. The Morgan fingerprint density at radius 2 is 2.25 bits per heavy atom. The quantitative estimate of drug-likeness (QED) is 0.697. The number of hydrogen-bond donors (Lipinski definition) is 3. The number of aromatic hydroxyl groups is 1. The molecule has 0 saturated heterocycles. The molecule has 0 saturated carbocycles. The maximum absolute atomic E-state index is 13.3. The van der Waals surface area contributed by atoms with E-state index in [0.717, 1.165) is 6.07 Å². The van der Waals surface area contributed by atoms with Crippen molar-refractivity contribution in [3.63, 3.8) is 0 Å². The van der Waals surface area contributed by atoms with Crippen LogP contribution in [0.1, 0.15) is 5.56 Å². The molecule has 0 aliphatic rings. The van der Waals surface area contributed by atoms with Crippen LogP contribution >= 0.6 is 0 Å². The lowest BCUT2D eigenvalue weighted by atomic mass is 10.1. The van der Waals surface area contributed by atoms with E-state index in [-0.39, 0.29) is 23.5 Å². The summed E-state index contributed by atoms with van der Waals surface area (Å²) < 4.78 is 18.1. The van der Waals surface area contributed by atoms with Crippen LogP contribution in [-0.4, -0.2) is 29.3 Å². The molecule has 5 nitrogen and oxygen atoms in total. The molecular formula is C10H12FNO4. The molecule has 0 unspecified atom stereocenters. The number of nitrogens with two attached hydrogens (primary N) is 1. The molecular weight excluding hydrogens is 216 g/mol. The van der Waals surface area contributed by atoms with Crippen LogP contribution in [0, 0.1) is 5.82 Å². The summed E-state index contributed by atoms with van der Waals surface area (Å²) in [4.78, 5) is 10.5. The van der Waals surface area contributed by atoms with Crippen molar-refractivity contribution in [1.29, 1.82) is 0 Å². The van der Waals surface area contributed by atoms with E-state index < -0.39 is 17.8 Å². The van der Waals surface area contributed by atoms with Crippen LogP contribution in [-0.2, 0) is 11.2 Å². The first-order valence-electron chi connectivity index (χ1n) is 4.49. The molecule has 4 N–H and O–H groups in total. The molecule has 0 aliphatic heterocycles. The average Bonchev–Trinajstić information content (AvgIpc) is 2.21. The van der Waals surface area contributed by atoms with Gasteiger partial charge >= 0.3 is 5.97 Å². The van der Waals surface area contributed by atoms with Gasteiger partial charge in [0.15, 0.2) is 11.5 Å². The Kier molecular flexibility index (Phi) is 3.68. The van der Waals surface area contributed by atoms with Crippen molar-refractivity contribution in [2.75, 3.05) is 7.11 Å². The van der Waals surface area contributed by atoms with Crippen LogP contribution in [0.15, 0.2) is 12.1 Å². The summed E-state index contributed by atoms with van der Waals surface area (Å²) in [6.07, 6.45) is -0.169. The second-order valence-electron chi connectivity index (χ2n) is 3.26. The molecule has 0 heterocycles. The number of halogens is 1. The SMILES string of the molecule is COc1cc(C[C@H](N)C(=O)O)c([18F])cc1O. The number of hydrogen-bond acceptors (Lipinski definition) is 4. The molecule has 1 aromatic rings. The van der Waals surface area contributed by atoms with Gasteiger partial charge in [-0.25, -0.2) is 4.39 Å². The Hall–Kier alpha value is -1.82. The molecule has 0 fully saturated rings. The molecule has 88 valence electrons. The van der Waals surface area contributed by atoms with E-state index >= 15 is 0 Å². The standard InChI is InChI=1S/C10H12FNO4/c1-16-9-3-5(2-7(12)10(14)15)6(11)4-8(9)13/h3-4,7,13H,2,12H2,1H3,(H,14,15)/t7-/m0/s1/i11-1. The fraction of sp³-hybridized carbons (Fsp3) is 0.300. The third-order valence-corrected chi connectivity index (χ3v) is 2.10. The van der Waals surface area contributed by atoms with Gasteiger partial charge in [-0.2, -0.15) is 0 Å². The van der Waals surface area contributed by atoms with Gasteiger partial charge in [0.25, 0.3) is 0 Å². The number of phenolic OH excluding ortho intramolecular Hbond substituents is 1. The number of aliphatic carboxylic acids is 1. The predicted octanol–water partition coefficient (Wildman–Crippen LogP) is 0.494. The summed E-state index contributed by atoms with van der Waals surface area (Å²) in [7, 11) is 1.31. The van der Waals surface area contributed by atoms with Crippen molar-refractivity contribution in [2.24, 2.45) is 5.73 Å². The Bertz CT molecular complexity index is 408. The van der Waals surface area contributed by atoms with E-state index in [0.29, 0.717) is 0 Å². The minimum atomic E-state index is -1.22. The summed E-state index contributed by atoms with van der Waals surface area (Å²) in [5, 5.41) is 17.8. The van der Waals surface area contributed by atoms with Gasteiger partial charge in [-0.3, -0.25) is 4.79 Å². The maximum atomic E-state index is 13.3. The number of ether oxygens (including phenoxy) is 1. The number of methoxy groups -OCH3 is 1. The minimum absolute atomic E-state index is 0.0778. The third-order valence-electron chi connectivity index (χ3n) is 2.10. The van der Waals surface area contributed by atoms with E-state index in [2.05, 4.69) is 0 Å². The molecule has 0 aromatic heterocycles. The maximum Gasteiger partial charge on any atom is 0.320 e. The van der Waals surface area contributed by atoms with Crippen molar-refractivity contribution < 1.29 is 24.1 Å². The molecule has 1 atom stereocenters. The number of carbonyl (C=O) groups is 1. The molecule has 1 aromatic carbocycles. The van der Waals surface area contributed by atoms with Gasteiger partial charge in [0.05, 0.1) is 7.11 Å². The van der Waals surface area contributed by atoms with Gasteiger partial charge in [-0.15, -0.1) is 0 Å². The van der Waals surface area contributed by atoms with Crippen LogP contribution in [0.3, 0.4) is 0 Å². The number of carboxylic acids is 1. The molecule has 0 spiro atoms. The minimum Gasteiger partial charge on any atom is -0.504 e. The van der Waals surface area contributed by atoms with Crippen molar-refractivity contribution in [3.8, 4) is 11.5 Å². The second kappa shape index (κ2) is 4.80. The van der Waals surface area contributed by atoms with Crippen LogP contribution in [0.5, 0.6) is 11.5 Å². The highest BCUT2D eigenvalue weighted by molar-refractivity contribution is 5.73. The summed E-state index contributed by atoms with van der Waals surface area (Å²) in [5.41, 5.74) is 5.36. The molecule has 0 amide bonds. The van der Waals surface area contributed by atoms with E-state index in [1.54, 1.807) is 0 Å². The third kappa shape index (κ3) is 2.60. The van der Waals surface area contributed by atoms with Crippen LogP contribution < -0.4 is 10.5 Å². The fourth-order valence-corrected chi connectivity index (χ4v) is 1.23. The zero-order valence-electron chi connectivity index (χ0n) is 8.61. The van der Waals surface area contributed by atoms with Crippen LogP contribution in [0.4, 0.5) is 4.39 Å². The first kappa shape index (κ1) is 12.3. The largest absolute Gasteiger partial charge is 0.504 e. The molecule has 16 heavy (non-hydrogen) atoms. The summed E-state index contributed by atoms with van der Waals surface area (Å²) in [6, 6.07) is 0.902. The zero-order valence-corrected chi connectivity index (χ0v) is 8.61.